The summed E-state index contributed by atoms with van der Waals surface area (Å²) in [5.41, 5.74) is 2.22. The fourth-order valence-electron chi connectivity index (χ4n) is 2.86. The van der Waals surface area contributed by atoms with E-state index < -0.39 is 0 Å². The molecule has 0 saturated carbocycles. The molecule has 1 aromatic carbocycles. The van der Waals surface area contributed by atoms with Crippen LogP contribution in [0.25, 0.3) is 0 Å². The fourth-order valence-corrected chi connectivity index (χ4v) is 3.82. The number of nitrogens with one attached hydrogen (secondary N) is 1. The number of likely N-dealkylation sites (N-methyl/N-ethyl adjacent to an activating group) is 1. The van der Waals surface area contributed by atoms with E-state index in [0.717, 1.165) is 28.2 Å². The van der Waals surface area contributed by atoms with Crippen LogP contribution >= 0.6 is 22.9 Å². The van der Waals surface area contributed by atoms with E-state index in [1.165, 1.54) is 5.56 Å². The molecule has 2 atom stereocenters. The summed E-state index contributed by atoms with van der Waals surface area (Å²) in [4.78, 5) is 13.3. The minimum atomic E-state index is 0.0155. The molecule has 0 radical (unpaired) electrons. The lowest BCUT2D eigenvalue weighted by atomic mass is 10.1. The Bertz CT molecular complexity index is 762. The van der Waals surface area contributed by atoms with Crippen molar-refractivity contribution in [3.63, 3.8) is 0 Å². The highest BCUT2D eigenvalue weighted by atomic mass is 35.5. The third-order valence-corrected chi connectivity index (χ3v) is 5.88. The van der Waals surface area contributed by atoms with E-state index in [-0.39, 0.29) is 12.1 Å². The number of hydrogen-bond acceptors (Lipinski definition) is 5. The molecule has 2 unspecified atom stereocenters. The standard InChI is InChI=1S/C20H30ClN5OS/c1-14(27-6)19-24-17(13-28-19)12-26(5)20(22-2)23-11-18(25(3)4)15-7-9-16(21)10-8-15/h7-10,13-14,18H,11-12H2,1-6H3,(H,22,23). The molecule has 8 heteroatoms. The Morgan fingerprint density at radius 1 is 1.29 bits per heavy atom. The predicted molar refractivity (Wildman–Crippen MR) is 118 cm³/mol. The van der Waals surface area contributed by atoms with E-state index in [2.05, 4.69) is 56.7 Å². The van der Waals surface area contributed by atoms with E-state index in [4.69, 9.17) is 16.3 Å². The maximum atomic E-state index is 6.03. The number of thiazole rings is 1. The molecule has 2 rings (SSSR count). The van der Waals surface area contributed by atoms with Crippen molar-refractivity contribution < 1.29 is 4.74 Å². The van der Waals surface area contributed by atoms with Crippen LogP contribution in [-0.4, -0.2) is 62.6 Å². The van der Waals surface area contributed by atoms with Gasteiger partial charge < -0.3 is 19.9 Å². The molecule has 1 heterocycles. The predicted octanol–water partition coefficient (Wildman–Crippen LogP) is 3.81. The molecule has 0 bridgehead atoms. The highest BCUT2D eigenvalue weighted by molar-refractivity contribution is 7.09. The van der Waals surface area contributed by atoms with Gasteiger partial charge in [-0.25, -0.2) is 4.98 Å². The topological polar surface area (TPSA) is 53.0 Å². The maximum absolute atomic E-state index is 6.03. The maximum Gasteiger partial charge on any atom is 0.193 e. The zero-order valence-corrected chi connectivity index (χ0v) is 19.0. The van der Waals surface area contributed by atoms with Gasteiger partial charge in [0.2, 0.25) is 0 Å². The number of aliphatic imine (C=N–C) groups is 1. The van der Waals surface area contributed by atoms with Crippen molar-refractivity contribution in [2.24, 2.45) is 4.99 Å². The zero-order valence-electron chi connectivity index (χ0n) is 17.4. The Balaban J connectivity index is 2.00. The Morgan fingerprint density at radius 2 is 1.96 bits per heavy atom. The molecule has 1 aromatic heterocycles. The van der Waals surface area contributed by atoms with Crippen LogP contribution in [0.5, 0.6) is 0 Å². The summed E-state index contributed by atoms with van der Waals surface area (Å²) >= 11 is 7.65. The van der Waals surface area contributed by atoms with Crippen LogP contribution in [0.15, 0.2) is 34.6 Å². The van der Waals surface area contributed by atoms with Crippen LogP contribution in [0.2, 0.25) is 5.02 Å². The van der Waals surface area contributed by atoms with E-state index in [0.29, 0.717) is 6.54 Å². The van der Waals surface area contributed by atoms with Gasteiger partial charge in [0.25, 0.3) is 0 Å². The average Bonchev–Trinajstić information content (AvgIpc) is 3.13. The quantitative estimate of drug-likeness (QED) is 0.516. The number of ether oxygens (including phenoxy) is 1. The lowest BCUT2D eigenvalue weighted by molar-refractivity contribution is 0.119. The highest BCUT2D eigenvalue weighted by Gasteiger charge is 2.17. The smallest absolute Gasteiger partial charge is 0.193 e. The molecule has 6 nitrogen and oxygen atoms in total. The summed E-state index contributed by atoms with van der Waals surface area (Å²) in [7, 11) is 9.65. The summed E-state index contributed by atoms with van der Waals surface area (Å²) in [6.07, 6.45) is 0.0155. The highest BCUT2D eigenvalue weighted by Crippen LogP contribution is 2.22. The number of aromatic nitrogens is 1. The minimum Gasteiger partial charge on any atom is -0.375 e. The van der Waals surface area contributed by atoms with Crippen molar-refractivity contribution in [3.05, 3.63) is 50.9 Å². The number of nitrogens with zero attached hydrogens (tertiary/aromatic N) is 4. The van der Waals surface area contributed by atoms with Crippen LogP contribution in [0, 0.1) is 0 Å². The Labute approximate surface area is 177 Å². The van der Waals surface area contributed by atoms with Gasteiger partial charge in [-0.1, -0.05) is 23.7 Å². The van der Waals surface area contributed by atoms with Gasteiger partial charge in [-0.05, 0) is 38.7 Å². The number of methoxy groups -OCH3 is 1. The molecule has 2 aromatic rings. The van der Waals surface area contributed by atoms with E-state index in [1.807, 2.05) is 26.1 Å². The first-order valence-electron chi connectivity index (χ1n) is 9.16. The van der Waals surface area contributed by atoms with Gasteiger partial charge in [-0.15, -0.1) is 11.3 Å². The van der Waals surface area contributed by atoms with Crippen molar-refractivity contribution in [1.82, 2.24) is 20.1 Å². The molecule has 154 valence electrons. The second kappa shape index (κ2) is 10.8. The van der Waals surface area contributed by atoms with Crippen LogP contribution in [0.3, 0.4) is 0 Å². The van der Waals surface area contributed by atoms with Crippen molar-refractivity contribution >= 4 is 28.9 Å². The third-order valence-electron chi connectivity index (χ3n) is 4.58. The van der Waals surface area contributed by atoms with Gasteiger partial charge in [-0.2, -0.15) is 0 Å². The molecule has 0 spiro atoms. The van der Waals surface area contributed by atoms with Crippen molar-refractivity contribution in [3.8, 4) is 0 Å². The van der Waals surface area contributed by atoms with Gasteiger partial charge >= 0.3 is 0 Å². The largest absolute Gasteiger partial charge is 0.375 e. The second-order valence-corrected chi connectivity index (χ2v) is 8.20. The van der Waals surface area contributed by atoms with Crippen LogP contribution in [0.1, 0.15) is 35.3 Å². The third kappa shape index (κ3) is 6.17. The number of benzene rings is 1. The van der Waals surface area contributed by atoms with Gasteiger partial charge in [0.05, 0.1) is 18.3 Å². The monoisotopic (exact) mass is 423 g/mol. The second-order valence-electron chi connectivity index (χ2n) is 6.87. The Morgan fingerprint density at radius 3 is 2.54 bits per heavy atom. The van der Waals surface area contributed by atoms with Gasteiger partial charge in [-0.3, -0.25) is 4.99 Å². The Kier molecular flexibility index (Phi) is 8.69. The molecule has 28 heavy (non-hydrogen) atoms. The van der Waals surface area contributed by atoms with Crippen LogP contribution in [0.4, 0.5) is 0 Å². The lowest BCUT2D eigenvalue weighted by Crippen LogP contribution is -2.42. The van der Waals surface area contributed by atoms with E-state index in [1.54, 1.807) is 25.5 Å². The molecule has 0 aliphatic rings. The molecule has 0 saturated heterocycles. The summed E-state index contributed by atoms with van der Waals surface area (Å²) in [5.74, 6) is 0.829. The summed E-state index contributed by atoms with van der Waals surface area (Å²) in [5, 5.41) is 7.29. The Hall–Kier alpha value is -1.67. The first kappa shape index (κ1) is 22.6. The summed E-state index contributed by atoms with van der Waals surface area (Å²) < 4.78 is 5.35. The molecule has 0 aliphatic carbocycles. The van der Waals surface area contributed by atoms with E-state index in [9.17, 15) is 0 Å². The fraction of sp³-hybridized carbons (Fsp3) is 0.500. The minimum absolute atomic E-state index is 0.0155. The van der Waals surface area contributed by atoms with Crippen LogP contribution in [-0.2, 0) is 11.3 Å². The zero-order chi connectivity index (χ0) is 20.7. The molecule has 1 N–H and O–H groups in total. The lowest BCUT2D eigenvalue weighted by Gasteiger charge is -2.28. The van der Waals surface area contributed by atoms with Gasteiger partial charge in [0.1, 0.15) is 11.1 Å². The van der Waals surface area contributed by atoms with Crippen molar-refractivity contribution in [2.75, 3.05) is 41.8 Å². The van der Waals surface area contributed by atoms with Crippen molar-refractivity contribution in [1.29, 1.82) is 0 Å². The number of hydrogen-bond donors (Lipinski definition) is 1. The summed E-state index contributed by atoms with van der Waals surface area (Å²) in [6.45, 7) is 3.42. The average molecular weight is 424 g/mol. The number of guanidine groups is 1. The first-order valence-corrected chi connectivity index (χ1v) is 10.4. The van der Waals surface area contributed by atoms with E-state index >= 15 is 0 Å². The summed E-state index contributed by atoms with van der Waals surface area (Å²) in [6, 6.07) is 8.18. The number of rotatable bonds is 8. The number of halogens is 1. The van der Waals surface area contributed by atoms with Gasteiger partial charge in [0, 0.05) is 38.2 Å². The first-order chi connectivity index (χ1) is 13.3. The molecular weight excluding hydrogens is 394 g/mol. The van der Waals surface area contributed by atoms with Crippen LogP contribution < -0.4 is 5.32 Å². The molecular formula is C20H30ClN5OS. The van der Waals surface area contributed by atoms with Crippen molar-refractivity contribution in [2.45, 2.75) is 25.6 Å². The normalized spacial score (nSPS) is 14.2. The molecule has 0 fully saturated rings. The van der Waals surface area contributed by atoms with Gasteiger partial charge in [0.15, 0.2) is 5.96 Å². The molecule has 0 amide bonds. The molecule has 0 aliphatic heterocycles. The SMILES string of the molecule is CN=C(NCC(c1ccc(Cl)cc1)N(C)C)N(C)Cc1csc(C(C)OC)n1.